The van der Waals surface area contributed by atoms with Gasteiger partial charge in [0.15, 0.2) is 9.84 Å². The molecule has 1 heterocycles. The summed E-state index contributed by atoms with van der Waals surface area (Å²) in [5, 5.41) is 3.26. The first-order valence-electron chi connectivity index (χ1n) is 5.58. The molecule has 17 heavy (non-hydrogen) atoms. The van der Waals surface area contributed by atoms with Gasteiger partial charge in [-0.2, -0.15) is 0 Å². The van der Waals surface area contributed by atoms with E-state index in [1.165, 1.54) is 6.07 Å². The van der Waals surface area contributed by atoms with Gasteiger partial charge >= 0.3 is 0 Å². The molecule has 1 N–H and O–H groups in total. The molecule has 1 saturated heterocycles. The molecule has 0 bridgehead atoms. The summed E-state index contributed by atoms with van der Waals surface area (Å²) in [5.74, 6) is -0.454. The summed E-state index contributed by atoms with van der Waals surface area (Å²) in [6.07, 6.45) is 2.95. The average molecular weight is 257 g/mol. The number of sulfone groups is 1. The minimum absolute atomic E-state index is 0.0281. The Bertz CT molecular complexity index is 533. The largest absolute Gasteiger partial charge is 0.308 e. The smallest absolute Gasteiger partial charge is 0.175 e. The first-order valence-corrected chi connectivity index (χ1v) is 7.47. The Morgan fingerprint density at radius 2 is 2.12 bits per heavy atom. The minimum Gasteiger partial charge on any atom is -0.308 e. The number of nitrogens with one attached hydrogen (secondary N) is 1. The lowest BCUT2D eigenvalue weighted by atomic mass is 9.90. The van der Waals surface area contributed by atoms with Gasteiger partial charge in [-0.15, -0.1) is 0 Å². The Kier molecular flexibility index (Phi) is 2.99. The molecule has 5 heteroatoms. The summed E-state index contributed by atoms with van der Waals surface area (Å²) < 4.78 is 36.6. The van der Waals surface area contributed by atoms with Gasteiger partial charge in [-0.25, -0.2) is 12.8 Å². The number of rotatable bonds is 2. The van der Waals surface area contributed by atoms with Gasteiger partial charge in [-0.3, -0.25) is 0 Å². The molecule has 1 atom stereocenters. The first-order chi connectivity index (χ1) is 7.83. The van der Waals surface area contributed by atoms with E-state index >= 15 is 0 Å². The standard InChI is InChI=1S/C12H16FNO2S/c1-12(6-3-7-14-12)10-5-4-9(8-11(10)13)17(2,15)16/h4-5,8,14H,3,6-7H2,1-2H3. The van der Waals surface area contributed by atoms with E-state index < -0.39 is 15.7 Å². The van der Waals surface area contributed by atoms with Crippen LogP contribution in [-0.2, 0) is 15.4 Å². The predicted octanol–water partition coefficient (Wildman–Crippen LogP) is 1.83. The van der Waals surface area contributed by atoms with Crippen LogP contribution in [-0.4, -0.2) is 21.2 Å². The molecule has 94 valence electrons. The molecule has 0 saturated carbocycles. The summed E-state index contributed by atoms with van der Waals surface area (Å²) in [6, 6.07) is 4.15. The zero-order valence-electron chi connectivity index (χ0n) is 9.96. The molecule has 1 aromatic rings. The highest BCUT2D eigenvalue weighted by molar-refractivity contribution is 7.90. The second kappa shape index (κ2) is 4.07. The van der Waals surface area contributed by atoms with E-state index in [-0.39, 0.29) is 10.4 Å². The van der Waals surface area contributed by atoms with E-state index in [9.17, 15) is 12.8 Å². The molecule has 1 unspecified atom stereocenters. The van der Waals surface area contributed by atoms with Crippen molar-refractivity contribution in [2.24, 2.45) is 0 Å². The SMILES string of the molecule is CC1(c2ccc(S(C)(=O)=O)cc2F)CCCN1. The second-order valence-electron chi connectivity index (χ2n) is 4.78. The Morgan fingerprint density at radius 1 is 1.41 bits per heavy atom. The summed E-state index contributed by atoms with van der Waals surface area (Å²) in [7, 11) is -3.35. The maximum absolute atomic E-state index is 14.0. The molecule has 1 fully saturated rings. The maximum Gasteiger partial charge on any atom is 0.175 e. The van der Waals surface area contributed by atoms with Crippen molar-refractivity contribution in [3.05, 3.63) is 29.6 Å². The molecule has 0 spiro atoms. The third-order valence-corrected chi connectivity index (χ3v) is 4.44. The fourth-order valence-electron chi connectivity index (χ4n) is 2.30. The van der Waals surface area contributed by atoms with E-state index in [2.05, 4.69) is 5.32 Å². The van der Waals surface area contributed by atoms with Crippen molar-refractivity contribution in [1.29, 1.82) is 0 Å². The van der Waals surface area contributed by atoms with Crippen LogP contribution < -0.4 is 5.32 Å². The molecule has 0 radical (unpaired) electrons. The molecular weight excluding hydrogens is 241 g/mol. The summed E-state index contributed by atoms with van der Waals surface area (Å²) >= 11 is 0. The molecule has 0 aromatic heterocycles. The monoisotopic (exact) mass is 257 g/mol. The van der Waals surface area contributed by atoms with Gasteiger partial charge in [0.05, 0.1) is 4.90 Å². The summed E-state index contributed by atoms with van der Waals surface area (Å²) in [6.45, 7) is 2.81. The van der Waals surface area contributed by atoms with Crippen LogP contribution in [0.15, 0.2) is 23.1 Å². The highest BCUT2D eigenvalue weighted by Gasteiger charge is 2.32. The first kappa shape index (κ1) is 12.5. The van der Waals surface area contributed by atoms with Gasteiger partial charge in [0.25, 0.3) is 0 Å². The number of halogens is 1. The molecule has 2 rings (SSSR count). The van der Waals surface area contributed by atoms with Gasteiger partial charge in [-0.1, -0.05) is 6.07 Å². The van der Waals surface area contributed by atoms with Crippen molar-refractivity contribution in [1.82, 2.24) is 5.32 Å². The van der Waals surface area contributed by atoms with Crippen LogP contribution in [0.3, 0.4) is 0 Å². The van der Waals surface area contributed by atoms with Crippen LogP contribution >= 0.6 is 0 Å². The molecule has 3 nitrogen and oxygen atoms in total. The Labute approximate surface area is 101 Å². The number of hydrogen-bond acceptors (Lipinski definition) is 3. The predicted molar refractivity (Wildman–Crippen MR) is 64.1 cm³/mol. The van der Waals surface area contributed by atoms with E-state index in [0.29, 0.717) is 5.56 Å². The fourth-order valence-corrected chi connectivity index (χ4v) is 2.93. The molecular formula is C12H16FNO2S. The van der Waals surface area contributed by atoms with Crippen molar-refractivity contribution in [3.63, 3.8) is 0 Å². The second-order valence-corrected chi connectivity index (χ2v) is 6.79. The van der Waals surface area contributed by atoms with Crippen LogP contribution in [0.1, 0.15) is 25.3 Å². The maximum atomic E-state index is 14.0. The van der Waals surface area contributed by atoms with Crippen molar-refractivity contribution in [2.75, 3.05) is 12.8 Å². The van der Waals surface area contributed by atoms with Crippen molar-refractivity contribution in [2.45, 2.75) is 30.2 Å². The fraction of sp³-hybridized carbons (Fsp3) is 0.500. The van der Waals surface area contributed by atoms with Crippen LogP contribution in [0.2, 0.25) is 0 Å². The molecule has 0 aliphatic carbocycles. The molecule has 0 amide bonds. The highest BCUT2D eigenvalue weighted by atomic mass is 32.2. The Morgan fingerprint density at radius 3 is 2.59 bits per heavy atom. The summed E-state index contributed by atoms with van der Waals surface area (Å²) in [5.41, 5.74) is 0.169. The van der Waals surface area contributed by atoms with Gasteiger partial charge in [0, 0.05) is 17.4 Å². The third kappa shape index (κ3) is 2.35. The summed E-state index contributed by atoms with van der Waals surface area (Å²) in [4.78, 5) is 0.0281. The Hall–Kier alpha value is -0.940. The van der Waals surface area contributed by atoms with Crippen molar-refractivity contribution in [3.8, 4) is 0 Å². The highest BCUT2D eigenvalue weighted by Crippen LogP contribution is 2.32. The van der Waals surface area contributed by atoms with E-state index in [1.54, 1.807) is 6.07 Å². The van der Waals surface area contributed by atoms with Crippen LogP contribution in [0.5, 0.6) is 0 Å². The van der Waals surface area contributed by atoms with Crippen molar-refractivity contribution < 1.29 is 12.8 Å². The normalized spacial score (nSPS) is 25.1. The lowest BCUT2D eigenvalue weighted by Crippen LogP contribution is -2.34. The number of benzene rings is 1. The van der Waals surface area contributed by atoms with Crippen LogP contribution in [0.4, 0.5) is 4.39 Å². The minimum atomic E-state index is -3.35. The van der Waals surface area contributed by atoms with Gasteiger partial charge < -0.3 is 5.32 Å². The van der Waals surface area contributed by atoms with Gasteiger partial charge in [-0.05, 0) is 38.4 Å². The van der Waals surface area contributed by atoms with E-state index in [1.807, 2.05) is 6.92 Å². The quantitative estimate of drug-likeness (QED) is 0.879. The molecule has 1 aliphatic heterocycles. The lowest BCUT2D eigenvalue weighted by molar-refractivity contribution is 0.410. The molecule has 1 aromatic carbocycles. The topological polar surface area (TPSA) is 46.2 Å². The van der Waals surface area contributed by atoms with Crippen LogP contribution in [0.25, 0.3) is 0 Å². The van der Waals surface area contributed by atoms with E-state index in [0.717, 1.165) is 31.7 Å². The average Bonchev–Trinajstić information content (AvgIpc) is 2.64. The molecule has 1 aliphatic rings. The van der Waals surface area contributed by atoms with Gasteiger partial charge in [0.1, 0.15) is 5.82 Å². The van der Waals surface area contributed by atoms with Gasteiger partial charge in [0.2, 0.25) is 0 Å². The third-order valence-electron chi connectivity index (χ3n) is 3.33. The number of hydrogen-bond donors (Lipinski definition) is 1. The lowest BCUT2D eigenvalue weighted by Gasteiger charge is -2.25. The van der Waals surface area contributed by atoms with Crippen LogP contribution in [0, 0.1) is 5.82 Å². The van der Waals surface area contributed by atoms with E-state index in [4.69, 9.17) is 0 Å². The zero-order chi connectivity index (χ0) is 12.7. The zero-order valence-corrected chi connectivity index (χ0v) is 10.8. The Balaban J connectivity index is 2.45. The van der Waals surface area contributed by atoms with Crippen molar-refractivity contribution >= 4 is 9.84 Å².